The first kappa shape index (κ1) is 19.0. The zero-order valence-electron chi connectivity index (χ0n) is 14.9. The summed E-state index contributed by atoms with van der Waals surface area (Å²) in [5, 5.41) is 0.748. The Labute approximate surface area is 150 Å². The third kappa shape index (κ3) is 5.10. The largest absolute Gasteiger partial charge is 0.385 e. The minimum Gasteiger partial charge on any atom is -0.385 e. The third-order valence-corrected chi connectivity index (χ3v) is 4.88. The number of piperazine rings is 1. The number of rotatable bonds is 7. The predicted molar refractivity (Wildman–Crippen MR) is 98.8 cm³/mol. The molecule has 1 heterocycles. The molecule has 1 aromatic rings. The number of hydrogen-bond donors (Lipinski definition) is 0. The van der Waals surface area contributed by atoms with E-state index in [9.17, 15) is 4.79 Å². The molecule has 1 saturated heterocycles. The van der Waals surface area contributed by atoms with Gasteiger partial charge in [-0.25, -0.2) is 0 Å². The number of likely N-dealkylation sites (N-methyl/N-ethyl adjacent to an activating group) is 1. The Morgan fingerprint density at radius 3 is 2.67 bits per heavy atom. The van der Waals surface area contributed by atoms with Crippen LogP contribution in [0.15, 0.2) is 24.3 Å². The van der Waals surface area contributed by atoms with Crippen molar-refractivity contribution in [1.82, 2.24) is 9.80 Å². The van der Waals surface area contributed by atoms with E-state index in [1.54, 1.807) is 7.11 Å². The van der Waals surface area contributed by atoms with E-state index in [4.69, 9.17) is 16.3 Å². The molecule has 1 unspecified atom stereocenters. The number of carbonyl (C=O) groups is 1. The van der Waals surface area contributed by atoms with E-state index in [1.165, 1.54) is 0 Å². The second kappa shape index (κ2) is 9.25. The van der Waals surface area contributed by atoms with Gasteiger partial charge in [0.05, 0.1) is 6.04 Å². The zero-order valence-corrected chi connectivity index (χ0v) is 15.6. The molecule has 0 saturated carbocycles. The topological polar surface area (TPSA) is 36.0 Å². The average Bonchev–Trinajstić information content (AvgIpc) is 2.60. The molecule has 2 rings (SSSR count). The van der Waals surface area contributed by atoms with Crippen molar-refractivity contribution in [3.8, 4) is 0 Å². The van der Waals surface area contributed by atoms with Crippen LogP contribution >= 0.6 is 11.6 Å². The second-order valence-corrected chi connectivity index (χ2v) is 6.73. The van der Waals surface area contributed by atoms with Crippen LogP contribution in [0.1, 0.15) is 13.3 Å². The summed E-state index contributed by atoms with van der Waals surface area (Å²) in [6, 6.07) is 7.79. The van der Waals surface area contributed by atoms with Gasteiger partial charge in [-0.2, -0.15) is 0 Å². The number of ether oxygens (including phenoxy) is 1. The number of nitrogens with zero attached hydrogens (tertiary/aromatic N) is 3. The van der Waals surface area contributed by atoms with Crippen LogP contribution in [0.2, 0.25) is 5.02 Å². The molecular formula is C18H28ClN3O2. The van der Waals surface area contributed by atoms with Crippen LogP contribution < -0.4 is 4.90 Å². The summed E-state index contributed by atoms with van der Waals surface area (Å²) >= 11 is 6.07. The van der Waals surface area contributed by atoms with E-state index in [1.807, 2.05) is 37.1 Å². The lowest BCUT2D eigenvalue weighted by molar-refractivity contribution is -0.136. The average molecular weight is 354 g/mol. The molecule has 0 bridgehead atoms. The van der Waals surface area contributed by atoms with E-state index in [0.29, 0.717) is 0 Å². The Hall–Kier alpha value is -1.30. The summed E-state index contributed by atoms with van der Waals surface area (Å²) in [6.07, 6.45) is 0.938. The molecule has 1 atom stereocenters. The minimum atomic E-state index is -0.0976. The van der Waals surface area contributed by atoms with Crippen LogP contribution in [-0.2, 0) is 9.53 Å². The summed E-state index contributed by atoms with van der Waals surface area (Å²) < 4.78 is 5.07. The molecule has 0 spiro atoms. The first-order valence-corrected chi connectivity index (χ1v) is 8.89. The molecule has 1 amide bonds. The molecule has 1 aromatic carbocycles. The van der Waals surface area contributed by atoms with E-state index >= 15 is 0 Å². The molecule has 134 valence electrons. The lowest BCUT2D eigenvalue weighted by Gasteiger charge is -2.38. The molecule has 1 fully saturated rings. The van der Waals surface area contributed by atoms with Crippen LogP contribution in [0, 0.1) is 0 Å². The van der Waals surface area contributed by atoms with Gasteiger partial charge in [-0.05, 0) is 38.6 Å². The highest BCUT2D eigenvalue weighted by atomic mass is 35.5. The monoisotopic (exact) mass is 353 g/mol. The van der Waals surface area contributed by atoms with Crippen LogP contribution in [-0.4, -0.2) is 75.2 Å². The molecular weight excluding hydrogens is 326 g/mol. The molecule has 6 heteroatoms. The van der Waals surface area contributed by atoms with Crippen molar-refractivity contribution in [3.63, 3.8) is 0 Å². The molecule has 0 aliphatic carbocycles. The molecule has 0 radical (unpaired) electrons. The van der Waals surface area contributed by atoms with Gasteiger partial charge >= 0.3 is 0 Å². The molecule has 1 aliphatic heterocycles. The lowest BCUT2D eigenvalue weighted by Crippen LogP contribution is -2.53. The van der Waals surface area contributed by atoms with Crippen molar-refractivity contribution in [2.45, 2.75) is 19.4 Å². The van der Waals surface area contributed by atoms with Gasteiger partial charge < -0.3 is 14.5 Å². The maximum absolute atomic E-state index is 12.7. The van der Waals surface area contributed by atoms with Crippen molar-refractivity contribution in [2.75, 3.05) is 58.4 Å². The SMILES string of the molecule is COCCCN(C)C(C)C(=O)N1CCN(c2cccc(Cl)c2)CC1. The van der Waals surface area contributed by atoms with Gasteiger partial charge in [0.15, 0.2) is 0 Å². The summed E-state index contributed by atoms with van der Waals surface area (Å²) in [4.78, 5) is 19.0. The maximum Gasteiger partial charge on any atom is 0.239 e. The Bertz CT molecular complexity index is 533. The quantitative estimate of drug-likeness (QED) is 0.705. The van der Waals surface area contributed by atoms with E-state index in [2.05, 4.69) is 15.9 Å². The molecule has 1 aliphatic rings. The van der Waals surface area contributed by atoms with Crippen molar-refractivity contribution in [2.24, 2.45) is 0 Å². The van der Waals surface area contributed by atoms with Crippen molar-refractivity contribution in [3.05, 3.63) is 29.3 Å². The van der Waals surface area contributed by atoms with Crippen molar-refractivity contribution < 1.29 is 9.53 Å². The van der Waals surface area contributed by atoms with Crippen molar-refractivity contribution >= 4 is 23.2 Å². The van der Waals surface area contributed by atoms with Crippen LogP contribution in [0.3, 0.4) is 0 Å². The fourth-order valence-electron chi connectivity index (χ4n) is 2.96. The number of carbonyl (C=O) groups excluding carboxylic acids is 1. The van der Waals surface area contributed by atoms with E-state index < -0.39 is 0 Å². The first-order chi connectivity index (χ1) is 11.5. The second-order valence-electron chi connectivity index (χ2n) is 6.30. The number of hydrogen-bond acceptors (Lipinski definition) is 4. The van der Waals surface area contributed by atoms with Gasteiger partial charge in [0.1, 0.15) is 0 Å². The Morgan fingerprint density at radius 2 is 2.04 bits per heavy atom. The Kier molecular flexibility index (Phi) is 7.34. The number of methoxy groups -OCH3 is 1. The first-order valence-electron chi connectivity index (χ1n) is 8.51. The summed E-state index contributed by atoms with van der Waals surface area (Å²) in [5.74, 6) is 0.209. The fraction of sp³-hybridized carbons (Fsp3) is 0.611. The third-order valence-electron chi connectivity index (χ3n) is 4.64. The molecule has 0 aromatic heterocycles. The summed E-state index contributed by atoms with van der Waals surface area (Å²) in [7, 11) is 3.70. The van der Waals surface area contributed by atoms with Crippen LogP contribution in [0.25, 0.3) is 0 Å². The Balaban J connectivity index is 1.83. The number of benzene rings is 1. The lowest BCUT2D eigenvalue weighted by atomic mass is 10.2. The molecule has 5 nitrogen and oxygen atoms in total. The standard InChI is InChI=1S/C18H28ClN3O2/c1-15(20(2)8-5-13-24-3)18(23)22-11-9-21(10-12-22)17-7-4-6-16(19)14-17/h4,6-7,14-15H,5,8-13H2,1-3H3. The molecule has 0 N–H and O–H groups in total. The fourth-order valence-corrected chi connectivity index (χ4v) is 3.15. The van der Waals surface area contributed by atoms with Crippen molar-refractivity contribution in [1.29, 1.82) is 0 Å². The number of amides is 1. The Morgan fingerprint density at radius 1 is 1.33 bits per heavy atom. The highest BCUT2D eigenvalue weighted by Gasteiger charge is 2.27. The van der Waals surface area contributed by atoms with E-state index in [0.717, 1.165) is 56.5 Å². The predicted octanol–water partition coefficient (Wildman–Crippen LogP) is 2.35. The normalized spacial score (nSPS) is 16.5. The van der Waals surface area contributed by atoms with Crippen LogP contribution in [0.5, 0.6) is 0 Å². The highest BCUT2D eigenvalue weighted by Crippen LogP contribution is 2.21. The van der Waals surface area contributed by atoms with Gasteiger partial charge in [0.25, 0.3) is 0 Å². The molecule has 24 heavy (non-hydrogen) atoms. The van der Waals surface area contributed by atoms with Gasteiger partial charge in [-0.3, -0.25) is 9.69 Å². The van der Waals surface area contributed by atoms with Gasteiger partial charge in [-0.15, -0.1) is 0 Å². The van der Waals surface area contributed by atoms with E-state index in [-0.39, 0.29) is 11.9 Å². The maximum atomic E-state index is 12.7. The highest BCUT2D eigenvalue weighted by molar-refractivity contribution is 6.30. The summed E-state index contributed by atoms with van der Waals surface area (Å²) in [6.45, 7) is 6.76. The summed E-state index contributed by atoms with van der Waals surface area (Å²) in [5.41, 5.74) is 1.12. The van der Waals surface area contributed by atoms with Gasteiger partial charge in [-0.1, -0.05) is 17.7 Å². The van der Waals surface area contributed by atoms with Gasteiger partial charge in [0.2, 0.25) is 5.91 Å². The van der Waals surface area contributed by atoms with Gasteiger partial charge in [0, 0.05) is 57.2 Å². The smallest absolute Gasteiger partial charge is 0.239 e. The number of halogens is 1. The zero-order chi connectivity index (χ0) is 17.5. The number of anilines is 1. The van der Waals surface area contributed by atoms with Crippen LogP contribution in [0.4, 0.5) is 5.69 Å². The minimum absolute atomic E-state index is 0.0976.